The van der Waals surface area contributed by atoms with Crippen molar-refractivity contribution in [1.29, 1.82) is 0 Å². The fourth-order valence-electron chi connectivity index (χ4n) is 2.11. The first kappa shape index (κ1) is 9.40. The lowest BCUT2D eigenvalue weighted by Gasteiger charge is -2.42. The van der Waals surface area contributed by atoms with Gasteiger partial charge < -0.3 is 0 Å². The van der Waals surface area contributed by atoms with E-state index in [0.717, 1.165) is 6.54 Å². The molecule has 76 valence electrons. The Morgan fingerprint density at radius 3 is 2.54 bits per heavy atom. The summed E-state index contributed by atoms with van der Waals surface area (Å²) in [5.74, 6) is 0. The minimum Gasteiger partial charge on any atom is -0.297 e. The normalized spacial score (nSPS) is 36.2. The highest BCUT2D eigenvalue weighted by molar-refractivity contribution is 4.94. The number of hydrogen-bond donors (Lipinski definition) is 3. The summed E-state index contributed by atoms with van der Waals surface area (Å²) in [6.45, 7) is 9.17. The Morgan fingerprint density at radius 1 is 1.15 bits per heavy atom. The van der Waals surface area contributed by atoms with E-state index in [1.54, 1.807) is 0 Å². The predicted octanol–water partition coefficient (Wildman–Crippen LogP) is -0.160. The molecule has 3 N–H and O–H groups in total. The topological polar surface area (TPSA) is 39.3 Å². The molecule has 0 spiro atoms. The van der Waals surface area contributed by atoms with Crippen molar-refractivity contribution >= 4 is 0 Å². The van der Waals surface area contributed by atoms with Crippen LogP contribution in [0.15, 0.2) is 0 Å². The molecule has 0 aromatic heterocycles. The summed E-state index contributed by atoms with van der Waals surface area (Å²) >= 11 is 0. The van der Waals surface area contributed by atoms with E-state index in [9.17, 15) is 0 Å². The van der Waals surface area contributed by atoms with Crippen LogP contribution in [0.1, 0.15) is 27.2 Å². The molecule has 2 fully saturated rings. The minimum atomic E-state index is 0.301. The monoisotopic (exact) mass is 184 g/mol. The van der Waals surface area contributed by atoms with Crippen LogP contribution >= 0.6 is 0 Å². The summed E-state index contributed by atoms with van der Waals surface area (Å²) in [4.78, 5) is 2.54. The van der Waals surface area contributed by atoms with E-state index in [2.05, 4.69) is 42.1 Å². The summed E-state index contributed by atoms with van der Waals surface area (Å²) in [5, 5.41) is 0. The molecule has 0 amide bonds. The number of nitrogens with zero attached hydrogens (tertiary/aromatic N) is 1. The maximum Gasteiger partial charge on any atom is 0.0521 e. The molecule has 2 aliphatic rings. The van der Waals surface area contributed by atoms with Crippen LogP contribution in [0.2, 0.25) is 0 Å². The molecule has 4 nitrogen and oxygen atoms in total. The van der Waals surface area contributed by atoms with E-state index < -0.39 is 0 Å². The van der Waals surface area contributed by atoms with Crippen molar-refractivity contribution in [3.8, 4) is 0 Å². The molecule has 2 atom stereocenters. The third-order valence-electron chi connectivity index (χ3n) is 3.08. The lowest BCUT2D eigenvalue weighted by Crippen LogP contribution is -2.56. The van der Waals surface area contributed by atoms with E-state index in [1.165, 1.54) is 13.0 Å². The Bertz CT molecular complexity index is 187. The minimum absolute atomic E-state index is 0.301. The Balaban J connectivity index is 1.97. The second kappa shape index (κ2) is 3.20. The molecule has 0 radical (unpaired) electrons. The largest absolute Gasteiger partial charge is 0.297 e. The van der Waals surface area contributed by atoms with Crippen molar-refractivity contribution in [2.24, 2.45) is 0 Å². The first-order valence-corrected chi connectivity index (χ1v) is 5.08. The number of fused-ring (bicyclic) bond motifs is 1. The molecular weight excluding hydrogens is 164 g/mol. The van der Waals surface area contributed by atoms with Crippen LogP contribution in [0, 0.1) is 0 Å². The Labute approximate surface area is 80.0 Å². The van der Waals surface area contributed by atoms with Gasteiger partial charge in [-0.15, -0.1) is 0 Å². The second-order valence-electron chi connectivity index (χ2n) is 5.03. The lowest BCUT2D eigenvalue weighted by molar-refractivity contribution is 0.0890. The van der Waals surface area contributed by atoms with Crippen LogP contribution in [-0.4, -0.2) is 35.6 Å². The lowest BCUT2D eigenvalue weighted by atomic mass is 9.95. The van der Waals surface area contributed by atoms with E-state index in [1.807, 2.05) is 0 Å². The average molecular weight is 184 g/mol. The Hall–Kier alpha value is -0.160. The Morgan fingerprint density at radius 2 is 1.85 bits per heavy atom. The smallest absolute Gasteiger partial charge is 0.0521 e. The zero-order chi connectivity index (χ0) is 9.47. The molecule has 2 unspecified atom stereocenters. The fourth-order valence-corrected chi connectivity index (χ4v) is 2.11. The predicted molar refractivity (Wildman–Crippen MR) is 52.9 cm³/mol. The van der Waals surface area contributed by atoms with Gasteiger partial charge in [-0.1, -0.05) is 0 Å². The molecule has 2 rings (SSSR count). The summed E-state index contributed by atoms with van der Waals surface area (Å²) in [6, 6.07) is 1.17. The van der Waals surface area contributed by atoms with E-state index >= 15 is 0 Å². The third-order valence-corrected chi connectivity index (χ3v) is 3.08. The van der Waals surface area contributed by atoms with Gasteiger partial charge in [0.1, 0.15) is 0 Å². The van der Waals surface area contributed by atoms with Gasteiger partial charge in [0.15, 0.2) is 0 Å². The van der Waals surface area contributed by atoms with Crippen LogP contribution in [0.25, 0.3) is 0 Å². The van der Waals surface area contributed by atoms with Crippen molar-refractivity contribution in [3.05, 3.63) is 0 Å². The zero-order valence-corrected chi connectivity index (χ0v) is 8.72. The van der Waals surface area contributed by atoms with Crippen LogP contribution < -0.4 is 16.4 Å². The highest BCUT2D eigenvalue weighted by atomic mass is 15.7. The van der Waals surface area contributed by atoms with Gasteiger partial charge >= 0.3 is 0 Å². The maximum absolute atomic E-state index is 3.26. The number of hydrogen-bond acceptors (Lipinski definition) is 4. The zero-order valence-electron chi connectivity index (χ0n) is 8.72. The second-order valence-corrected chi connectivity index (χ2v) is 5.03. The van der Waals surface area contributed by atoms with Crippen molar-refractivity contribution in [1.82, 2.24) is 21.3 Å². The molecule has 0 saturated carbocycles. The Kier molecular flexibility index (Phi) is 2.32. The maximum atomic E-state index is 3.26. The number of rotatable bonds is 0. The van der Waals surface area contributed by atoms with Gasteiger partial charge in [-0.3, -0.25) is 4.90 Å². The first-order chi connectivity index (χ1) is 6.07. The highest BCUT2D eigenvalue weighted by Crippen LogP contribution is 2.21. The van der Waals surface area contributed by atoms with E-state index in [0.29, 0.717) is 17.6 Å². The van der Waals surface area contributed by atoms with E-state index in [4.69, 9.17) is 0 Å². The van der Waals surface area contributed by atoms with Crippen LogP contribution in [-0.2, 0) is 0 Å². The van der Waals surface area contributed by atoms with Gasteiger partial charge in [0.25, 0.3) is 0 Å². The summed E-state index contributed by atoms with van der Waals surface area (Å²) in [5.41, 5.74) is 9.81. The molecule has 2 saturated heterocycles. The van der Waals surface area contributed by atoms with Gasteiger partial charge in [0.2, 0.25) is 0 Å². The van der Waals surface area contributed by atoms with Gasteiger partial charge in [-0.25, -0.2) is 10.9 Å². The fraction of sp³-hybridized carbons (Fsp3) is 1.00. The van der Waals surface area contributed by atoms with Crippen molar-refractivity contribution in [3.63, 3.8) is 0 Å². The summed E-state index contributed by atoms with van der Waals surface area (Å²) in [7, 11) is 0. The SMILES string of the molecule is CC(C)(C)N1CCC2NNNC2C1. The number of hydrazine groups is 2. The highest BCUT2D eigenvalue weighted by Gasteiger charge is 2.36. The van der Waals surface area contributed by atoms with Crippen LogP contribution in [0.5, 0.6) is 0 Å². The first-order valence-electron chi connectivity index (χ1n) is 5.08. The quantitative estimate of drug-likeness (QED) is 0.489. The molecule has 4 heteroatoms. The molecule has 0 aliphatic carbocycles. The van der Waals surface area contributed by atoms with Crippen LogP contribution in [0.3, 0.4) is 0 Å². The number of likely N-dealkylation sites (tertiary alicyclic amines) is 1. The van der Waals surface area contributed by atoms with Gasteiger partial charge in [0.05, 0.1) is 6.04 Å². The molecular formula is C9H20N4. The third kappa shape index (κ3) is 1.86. The molecule has 0 aromatic carbocycles. The van der Waals surface area contributed by atoms with Crippen molar-refractivity contribution < 1.29 is 0 Å². The van der Waals surface area contributed by atoms with Gasteiger partial charge in [0, 0.05) is 24.7 Å². The molecule has 13 heavy (non-hydrogen) atoms. The molecule has 2 aliphatic heterocycles. The summed E-state index contributed by atoms with van der Waals surface area (Å²) in [6.07, 6.45) is 1.22. The standard InChI is InChI=1S/C9H20N4/c1-9(2,3)13-5-4-7-8(6-13)11-12-10-7/h7-8,10-12H,4-6H2,1-3H3. The summed E-state index contributed by atoms with van der Waals surface area (Å²) < 4.78 is 0. The average Bonchev–Trinajstić information content (AvgIpc) is 2.47. The van der Waals surface area contributed by atoms with Crippen LogP contribution in [0.4, 0.5) is 0 Å². The van der Waals surface area contributed by atoms with E-state index in [-0.39, 0.29) is 0 Å². The van der Waals surface area contributed by atoms with Crippen molar-refractivity contribution in [2.45, 2.75) is 44.8 Å². The van der Waals surface area contributed by atoms with Gasteiger partial charge in [-0.05, 0) is 27.2 Å². The number of nitrogens with one attached hydrogen (secondary N) is 3. The van der Waals surface area contributed by atoms with Crippen molar-refractivity contribution in [2.75, 3.05) is 13.1 Å². The molecule has 0 aromatic rings. The molecule has 0 bridgehead atoms. The molecule has 2 heterocycles. The van der Waals surface area contributed by atoms with Gasteiger partial charge in [-0.2, -0.15) is 5.53 Å². The number of piperidine rings is 1.